The zero-order chi connectivity index (χ0) is 18.8. The van der Waals surface area contributed by atoms with E-state index >= 15 is 0 Å². The summed E-state index contributed by atoms with van der Waals surface area (Å²) in [6.07, 6.45) is -0.724. The van der Waals surface area contributed by atoms with Crippen molar-refractivity contribution in [3.8, 4) is 23.7 Å². The number of carbonyl (C=O) groups is 2. The maximum Gasteiger partial charge on any atom is 0.326 e. The van der Waals surface area contributed by atoms with Crippen molar-refractivity contribution in [3.05, 3.63) is 35.4 Å². The van der Waals surface area contributed by atoms with E-state index in [9.17, 15) is 9.59 Å². The summed E-state index contributed by atoms with van der Waals surface area (Å²) in [5.41, 5.74) is 0.988. The Bertz CT molecular complexity index is 716. The molecule has 1 rings (SSSR count). The second-order valence-corrected chi connectivity index (χ2v) is 5.70. The van der Waals surface area contributed by atoms with Crippen LogP contribution in [0, 0.1) is 29.6 Å². The van der Waals surface area contributed by atoms with E-state index in [2.05, 4.69) is 29.0 Å². The number of aliphatic hydroxyl groups excluding tert-OH is 2. The van der Waals surface area contributed by atoms with E-state index in [0.717, 1.165) is 0 Å². The number of nitrogens with one attached hydrogen (secondary N) is 1. The zero-order valence-corrected chi connectivity index (χ0v) is 14.1. The second kappa shape index (κ2) is 10.1. The quantitative estimate of drug-likeness (QED) is 0.567. The highest BCUT2D eigenvalue weighted by Gasteiger charge is 2.23. The van der Waals surface area contributed by atoms with Crippen molar-refractivity contribution < 1.29 is 24.9 Å². The summed E-state index contributed by atoms with van der Waals surface area (Å²) in [5.74, 6) is 8.82. The Balaban J connectivity index is 2.70. The minimum Gasteiger partial charge on any atom is -0.480 e. The van der Waals surface area contributed by atoms with Crippen LogP contribution in [-0.2, 0) is 4.79 Å². The number of rotatable bonds is 6. The van der Waals surface area contributed by atoms with E-state index in [1.165, 1.54) is 0 Å². The summed E-state index contributed by atoms with van der Waals surface area (Å²) >= 11 is 0. The highest BCUT2D eigenvalue weighted by molar-refractivity contribution is 5.96. The van der Waals surface area contributed by atoms with Crippen LogP contribution in [0.15, 0.2) is 24.3 Å². The summed E-state index contributed by atoms with van der Waals surface area (Å²) in [6.45, 7) is 3.10. The molecule has 132 valence electrons. The number of aliphatic hydroxyl groups is 2. The van der Waals surface area contributed by atoms with Crippen LogP contribution in [0.3, 0.4) is 0 Å². The molecule has 0 heterocycles. The molecule has 0 saturated carbocycles. The molecular formula is C19H21NO5. The van der Waals surface area contributed by atoms with Gasteiger partial charge < -0.3 is 20.6 Å². The highest BCUT2D eigenvalue weighted by Crippen LogP contribution is 2.07. The van der Waals surface area contributed by atoms with Gasteiger partial charge in [0.2, 0.25) is 0 Å². The average Bonchev–Trinajstić information content (AvgIpc) is 2.58. The third-order valence-corrected chi connectivity index (χ3v) is 3.27. The van der Waals surface area contributed by atoms with E-state index in [1.54, 1.807) is 38.1 Å². The molecule has 0 fully saturated rings. The first-order valence-electron chi connectivity index (χ1n) is 7.76. The Morgan fingerprint density at radius 3 is 2.32 bits per heavy atom. The molecule has 2 atom stereocenters. The molecule has 0 bridgehead atoms. The molecule has 0 aliphatic carbocycles. The Morgan fingerprint density at radius 1 is 1.16 bits per heavy atom. The SMILES string of the molecule is CC(C)C(NC(=O)c1ccc(C#CC#CCC(O)CO)cc1)C(=O)O. The van der Waals surface area contributed by atoms with Crippen molar-refractivity contribution in [1.29, 1.82) is 0 Å². The van der Waals surface area contributed by atoms with Crippen LogP contribution in [0.4, 0.5) is 0 Å². The summed E-state index contributed by atoms with van der Waals surface area (Å²) < 4.78 is 0. The molecule has 0 saturated heterocycles. The van der Waals surface area contributed by atoms with Crippen LogP contribution in [0.2, 0.25) is 0 Å². The van der Waals surface area contributed by atoms with Gasteiger partial charge in [-0.1, -0.05) is 25.7 Å². The number of benzene rings is 1. The fourth-order valence-corrected chi connectivity index (χ4v) is 1.82. The lowest BCUT2D eigenvalue weighted by Crippen LogP contribution is -2.44. The normalized spacial score (nSPS) is 12.2. The third kappa shape index (κ3) is 7.09. The maximum atomic E-state index is 12.1. The Labute approximate surface area is 146 Å². The van der Waals surface area contributed by atoms with E-state index in [0.29, 0.717) is 11.1 Å². The van der Waals surface area contributed by atoms with Gasteiger partial charge in [-0.2, -0.15) is 0 Å². The number of hydrogen-bond acceptors (Lipinski definition) is 4. The van der Waals surface area contributed by atoms with Crippen molar-refractivity contribution in [1.82, 2.24) is 5.32 Å². The van der Waals surface area contributed by atoms with Gasteiger partial charge in [0.15, 0.2) is 0 Å². The standard InChI is InChI=1S/C19H21NO5/c1-13(2)17(19(24)25)20-18(23)15-10-8-14(9-11-15)6-4-3-5-7-16(22)12-21/h8-11,13,16-17,21-22H,7,12H2,1-2H3,(H,20,23)(H,24,25). The van der Waals surface area contributed by atoms with E-state index in [-0.39, 0.29) is 18.9 Å². The van der Waals surface area contributed by atoms with E-state index in [4.69, 9.17) is 15.3 Å². The lowest BCUT2D eigenvalue weighted by atomic mass is 10.0. The first-order chi connectivity index (χ1) is 11.8. The molecule has 6 heteroatoms. The van der Waals surface area contributed by atoms with Crippen molar-refractivity contribution >= 4 is 11.9 Å². The van der Waals surface area contributed by atoms with Gasteiger partial charge in [0, 0.05) is 17.5 Å². The molecule has 0 aromatic heterocycles. The number of aliphatic carboxylic acids is 1. The summed E-state index contributed by atoms with van der Waals surface area (Å²) in [6, 6.07) is 5.44. The molecule has 0 aliphatic rings. The fraction of sp³-hybridized carbons (Fsp3) is 0.368. The number of carboxylic acid groups (broad SMARTS) is 1. The molecule has 2 unspecified atom stereocenters. The largest absolute Gasteiger partial charge is 0.480 e. The van der Waals surface area contributed by atoms with Crippen molar-refractivity contribution in [3.63, 3.8) is 0 Å². The molecule has 6 nitrogen and oxygen atoms in total. The van der Waals surface area contributed by atoms with Gasteiger partial charge in [0.25, 0.3) is 5.91 Å². The Morgan fingerprint density at radius 2 is 1.80 bits per heavy atom. The van der Waals surface area contributed by atoms with Gasteiger partial charge in [0.05, 0.1) is 12.7 Å². The van der Waals surface area contributed by atoms with Crippen LogP contribution in [0.5, 0.6) is 0 Å². The molecule has 1 aromatic carbocycles. The summed E-state index contributed by atoms with van der Waals surface area (Å²) in [7, 11) is 0. The fourth-order valence-electron chi connectivity index (χ4n) is 1.82. The van der Waals surface area contributed by atoms with Crippen molar-refractivity contribution in [2.24, 2.45) is 5.92 Å². The predicted molar refractivity (Wildman–Crippen MR) is 92.5 cm³/mol. The van der Waals surface area contributed by atoms with Crippen LogP contribution in [0.25, 0.3) is 0 Å². The van der Waals surface area contributed by atoms with Crippen molar-refractivity contribution in [2.75, 3.05) is 6.61 Å². The smallest absolute Gasteiger partial charge is 0.326 e. The molecule has 0 radical (unpaired) electrons. The van der Waals surface area contributed by atoms with Crippen LogP contribution in [-0.4, -0.2) is 45.9 Å². The van der Waals surface area contributed by atoms with E-state index in [1.807, 2.05) is 0 Å². The topological polar surface area (TPSA) is 107 Å². The lowest BCUT2D eigenvalue weighted by Gasteiger charge is -2.17. The van der Waals surface area contributed by atoms with Crippen LogP contribution >= 0.6 is 0 Å². The van der Waals surface area contributed by atoms with Gasteiger partial charge in [-0.25, -0.2) is 4.79 Å². The third-order valence-electron chi connectivity index (χ3n) is 3.27. The molecule has 0 spiro atoms. The number of amides is 1. The average molecular weight is 343 g/mol. The molecular weight excluding hydrogens is 322 g/mol. The van der Waals surface area contributed by atoms with Gasteiger partial charge >= 0.3 is 5.97 Å². The molecule has 0 aliphatic heterocycles. The monoisotopic (exact) mass is 343 g/mol. The molecule has 1 amide bonds. The predicted octanol–water partition coefficient (Wildman–Crippen LogP) is 0.624. The highest BCUT2D eigenvalue weighted by atomic mass is 16.4. The molecule has 4 N–H and O–H groups in total. The first kappa shape index (κ1) is 20.2. The molecule has 25 heavy (non-hydrogen) atoms. The number of carbonyl (C=O) groups excluding carboxylic acids is 1. The number of carboxylic acids is 1. The van der Waals surface area contributed by atoms with E-state index < -0.39 is 24.0 Å². The number of hydrogen-bond donors (Lipinski definition) is 4. The summed E-state index contributed by atoms with van der Waals surface area (Å²) in [4.78, 5) is 23.2. The Kier molecular flexibility index (Phi) is 8.22. The summed E-state index contributed by atoms with van der Waals surface area (Å²) in [5, 5.41) is 29.3. The second-order valence-electron chi connectivity index (χ2n) is 5.70. The zero-order valence-electron chi connectivity index (χ0n) is 14.1. The maximum absolute atomic E-state index is 12.1. The van der Waals surface area contributed by atoms with Crippen molar-refractivity contribution in [2.45, 2.75) is 32.4 Å². The lowest BCUT2D eigenvalue weighted by molar-refractivity contribution is -0.140. The van der Waals surface area contributed by atoms with Crippen LogP contribution < -0.4 is 5.32 Å². The van der Waals surface area contributed by atoms with Gasteiger partial charge in [-0.3, -0.25) is 4.79 Å². The van der Waals surface area contributed by atoms with Gasteiger partial charge in [-0.05, 0) is 42.0 Å². The Hall–Kier alpha value is -2.80. The van der Waals surface area contributed by atoms with Crippen LogP contribution in [0.1, 0.15) is 36.2 Å². The first-order valence-corrected chi connectivity index (χ1v) is 7.76. The molecule has 1 aromatic rings. The minimum atomic E-state index is -1.07. The van der Waals surface area contributed by atoms with Gasteiger partial charge in [0.1, 0.15) is 6.04 Å². The van der Waals surface area contributed by atoms with Gasteiger partial charge in [-0.15, -0.1) is 0 Å². The minimum absolute atomic E-state index is 0.144.